The quantitative estimate of drug-likeness (QED) is 0.339. The molecule has 0 saturated carbocycles. The molecular formula is C25H31FN4O4. The standard InChI is InChI=1S/C25H31FN4O4/c1-25(2,3)34-24(33)29-17(6-5-13-27)14-28-23(32)22-20(15-9-11-16(26)12-10-15)18-7-4-8-19(31)21(18)30-22/h4,7-12,17,30-31H,5-6,13-14,27H2,1-3H3,(H,28,32)(H,29,33)/t17-/m0/s1. The second-order valence-corrected chi connectivity index (χ2v) is 9.07. The van der Waals surface area contributed by atoms with Crippen LogP contribution in [0.3, 0.4) is 0 Å². The molecule has 9 heteroatoms. The first-order chi connectivity index (χ1) is 16.1. The van der Waals surface area contributed by atoms with Gasteiger partial charge in [-0.15, -0.1) is 0 Å². The number of rotatable bonds is 8. The van der Waals surface area contributed by atoms with Gasteiger partial charge in [-0.1, -0.05) is 24.3 Å². The number of para-hydroxylation sites is 1. The van der Waals surface area contributed by atoms with Gasteiger partial charge in [-0.05, 0) is 63.9 Å². The van der Waals surface area contributed by atoms with Crippen LogP contribution >= 0.6 is 0 Å². The number of hydrogen-bond donors (Lipinski definition) is 5. The van der Waals surface area contributed by atoms with Crippen LogP contribution in [0.2, 0.25) is 0 Å². The van der Waals surface area contributed by atoms with E-state index in [1.165, 1.54) is 18.2 Å². The highest BCUT2D eigenvalue weighted by molar-refractivity contribution is 6.10. The normalized spacial score (nSPS) is 12.4. The molecule has 2 amide bonds. The van der Waals surface area contributed by atoms with Crippen LogP contribution < -0.4 is 16.4 Å². The number of alkyl carbamates (subject to hydrolysis) is 1. The maximum atomic E-state index is 13.5. The Balaban J connectivity index is 1.85. The highest BCUT2D eigenvalue weighted by Gasteiger charge is 2.23. The molecule has 0 aliphatic heterocycles. The van der Waals surface area contributed by atoms with Crippen molar-refractivity contribution in [3.05, 3.63) is 54.0 Å². The number of aromatic amines is 1. The zero-order valence-corrected chi connectivity index (χ0v) is 19.6. The number of nitrogens with two attached hydrogens (primary N) is 1. The van der Waals surface area contributed by atoms with Crippen LogP contribution in [0.5, 0.6) is 5.75 Å². The maximum Gasteiger partial charge on any atom is 0.407 e. The minimum Gasteiger partial charge on any atom is -0.506 e. The van der Waals surface area contributed by atoms with Gasteiger partial charge in [0, 0.05) is 23.5 Å². The van der Waals surface area contributed by atoms with Crippen molar-refractivity contribution < 1.29 is 23.8 Å². The number of aromatic nitrogens is 1. The highest BCUT2D eigenvalue weighted by atomic mass is 19.1. The Bertz CT molecular complexity index is 1150. The Labute approximate surface area is 197 Å². The molecule has 0 bridgehead atoms. The smallest absolute Gasteiger partial charge is 0.407 e. The monoisotopic (exact) mass is 470 g/mol. The van der Waals surface area contributed by atoms with Crippen molar-refractivity contribution >= 4 is 22.9 Å². The Morgan fingerprint density at radius 2 is 1.88 bits per heavy atom. The summed E-state index contributed by atoms with van der Waals surface area (Å²) in [6, 6.07) is 10.3. The number of hydrogen-bond acceptors (Lipinski definition) is 5. The average molecular weight is 471 g/mol. The molecule has 182 valence electrons. The average Bonchev–Trinajstić information content (AvgIpc) is 3.16. The number of nitrogens with one attached hydrogen (secondary N) is 3. The summed E-state index contributed by atoms with van der Waals surface area (Å²) in [5, 5.41) is 16.5. The molecule has 0 saturated heterocycles. The minimum absolute atomic E-state index is 0.00711. The van der Waals surface area contributed by atoms with Crippen LogP contribution in [0.4, 0.5) is 9.18 Å². The van der Waals surface area contributed by atoms with Crippen LogP contribution in [0, 0.1) is 5.82 Å². The third-order valence-corrected chi connectivity index (χ3v) is 5.16. The van der Waals surface area contributed by atoms with Gasteiger partial charge in [0.15, 0.2) is 0 Å². The number of carbonyl (C=O) groups is 2. The third kappa shape index (κ3) is 6.26. The number of phenols is 1. The number of halogens is 1. The molecule has 0 aliphatic carbocycles. The molecule has 0 spiro atoms. The number of amides is 2. The van der Waals surface area contributed by atoms with Crippen LogP contribution in [-0.4, -0.2) is 46.8 Å². The topological polar surface area (TPSA) is 129 Å². The summed E-state index contributed by atoms with van der Waals surface area (Å²) < 4.78 is 18.8. The lowest BCUT2D eigenvalue weighted by Crippen LogP contribution is -2.45. The SMILES string of the molecule is CC(C)(C)OC(=O)N[C@@H](CCCN)CNC(=O)c1[nH]c2c(O)cccc2c1-c1ccc(F)cc1. The summed E-state index contributed by atoms with van der Waals surface area (Å²) in [7, 11) is 0. The van der Waals surface area contributed by atoms with E-state index in [9.17, 15) is 19.1 Å². The second kappa shape index (κ2) is 10.6. The van der Waals surface area contributed by atoms with Crippen molar-refractivity contribution in [3.8, 4) is 16.9 Å². The van der Waals surface area contributed by atoms with Gasteiger partial charge in [0.05, 0.1) is 5.52 Å². The lowest BCUT2D eigenvalue weighted by atomic mass is 10.0. The summed E-state index contributed by atoms with van der Waals surface area (Å²) in [5.41, 5.74) is 6.76. The molecule has 34 heavy (non-hydrogen) atoms. The van der Waals surface area contributed by atoms with Gasteiger partial charge in [-0.25, -0.2) is 9.18 Å². The van der Waals surface area contributed by atoms with E-state index >= 15 is 0 Å². The van der Waals surface area contributed by atoms with Gasteiger partial charge in [0.2, 0.25) is 0 Å². The Hall–Kier alpha value is -3.59. The molecule has 2 aromatic carbocycles. The van der Waals surface area contributed by atoms with Crippen molar-refractivity contribution in [3.63, 3.8) is 0 Å². The van der Waals surface area contributed by atoms with Gasteiger partial charge < -0.3 is 31.2 Å². The lowest BCUT2D eigenvalue weighted by molar-refractivity contribution is 0.0498. The molecule has 0 aliphatic rings. The molecule has 0 unspecified atom stereocenters. The molecule has 8 nitrogen and oxygen atoms in total. The molecule has 3 rings (SSSR count). The Morgan fingerprint density at radius 3 is 2.53 bits per heavy atom. The highest BCUT2D eigenvalue weighted by Crippen LogP contribution is 2.36. The molecular weight excluding hydrogens is 439 g/mol. The molecule has 0 fully saturated rings. The predicted molar refractivity (Wildman–Crippen MR) is 129 cm³/mol. The van der Waals surface area contributed by atoms with Gasteiger partial charge >= 0.3 is 6.09 Å². The number of ether oxygens (including phenoxy) is 1. The predicted octanol–water partition coefficient (Wildman–Crippen LogP) is 4.04. The summed E-state index contributed by atoms with van der Waals surface area (Å²) in [5.74, 6) is -0.834. The van der Waals surface area contributed by atoms with Crippen LogP contribution in [0.1, 0.15) is 44.1 Å². The van der Waals surface area contributed by atoms with Crippen molar-refractivity contribution in [2.75, 3.05) is 13.1 Å². The van der Waals surface area contributed by atoms with E-state index in [2.05, 4.69) is 15.6 Å². The molecule has 3 aromatic rings. The largest absolute Gasteiger partial charge is 0.506 e. The fourth-order valence-electron chi connectivity index (χ4n) is 3.66. The van der Waals surface area contributed by atoms with E-state index in [0.717, 1.165) is 0 Å². The van der Waals surface area contributed by atoms with Gasteiger partial charge in [0.25, 0.3) is 5.91 Å². The summed E-state index contributed by atoms with van der Waals surface area (Å²) in [4.78, 5) is 28.4. The maximum absolute atomic E-state index is 13.5. The van der Waals surface area contributed by atoms with E-state index in [1.807, 2.05) is 0 Å². The zero-order chi connectivity index (χ0) is 24.9. The summed E-state index contributed by atoms with van der Waals surface area (Å²) >= 11 is 0. The first kappa shape index (κ1) is 25.0. The van der Waals surface area contributed by atoms with Crippen LogP contribution in [-0.2, 0) is 4.74 Å². The number of carbonyl (C=O) groups excluding carboxylic acids is 2. The fraction of sp³-hybridized carbons (Fsp3) is 0.360. The molecule has 1 aromatic heterocycles. The van der Waals surface area contributed by atoms with Crippen molar-refractivity contribution in [2.24, 2.45) is 5.73 Å². The fourth-order valence-corrected chi connectivity index (χ4v) is 3.66. The summed E-state index contributed by atoms with van der Waals surface area (Å²) in [6.07, 6.45) is 0.623. The molecule has 0 radical (unpaired) electrons. The molecule has 1 atom stereocenters. The van der Waals surface area contributed by atoms with Crippen LogP contribution in [0.25, 0.3) is 22.0 Å². The van der Waals surface area contributed by atoms with E-state index in [4.69, 9.17) is 10.5 Å². The van der Waals surface area contributed by atoms with E-state index in [0.29, 0.717) is 41.4 Å². The summed E-state index contributed by atoms with van der Waals surface area (Å²) in [6.45, 7) is 5.89. The zero-order valence-electron chi connectivity index (χ0n) is 19.6. The number of phenolic OH excluding ortho intramolecular Hbond substituents is 1. The van der Waals surface area contributed by atoms with Crippen molar-refractivity contribution in [1.29, 1.82) is 0 Å². The van der Waals surface area contributed by atoms with E-state index < -0.39 is 29.5 Å². The van der Waals surface area contributed by atoms with Gasteiger partial charge in [0.1, 0.15) is 22.9 Å². The van der Waals surface area contributed by atoms with Crippen LogP contribution in [0.15, 0.2) is 42.5 Å². The first-order valence-electron chi connectivity index (χ1n) is 11.2. The number of benzene rings is 2. The minimum atomic E-state index is -0.651. The van der Waals surface area contributed by atoms with Gasteiger partial charge in [-0.2, -0.15) is 0 Å². The molecule has 1 heterocycles. The first-order valence-corrected chi connectivity index (χ1v) is 11.2. The third-order valence-electron chi connectivity index (χ3n) is 5.16. The Morgan fingerprint density at radius 1 is 1.18 bits per heavy atom. The number of aromatic hydroxyl groups is 1. The van der Waals surface area contributed by atoms with Crippen molar-refractivity contribution in [2.45, 2.75) is 45.3 Å². The van der Waals surface area contributed by atoms with Gasteiger partial charge in [-0.3, -0.25) is 4.79 Å². The number of fused-ring (bicyclic) bond motifs is 1. The number of H-pyrrole nitrogens is 1. The Kier molecular flexibility index (Phi) is 7.78. The van der Waals surface area contributed by atoms with Crippen molar-refractivity contribution in [1.82, 2.24) is 15.6 Å². The van der Waals surface area contributed by atoms with E-state index in [-0.39, 0.29) is 18.0 Å². The van der Waals surface area contributed by atoms with E-state index in [1.54, 1.807) is 45.0 Å². The second-order valence-electron chi connectivity index (χ2n) is 9.07. The molecule has 6 N–H and O–H groups in total. The lowest BCUT2D eigenvalue weighted by Gasteiger charge is -2.24.